The number of rotatable bonds is 5. The van der Waals surface area contributed by atoms with Gasteiger partial charge < -0.3 is 5.73 Å². The maximum Gasteiger partial charge on any atom is 0.0773 e. The molecule has 0 fully saturated rings. The van der Waals surface area contributed by atoms with E-state index < -0.39 is 16.1 Å². The Kier molecular flexibility index (Phi) is 6.56. The van der Waals surface area contributed by atoms with Crippen molar-refractivity contribution in [2.45, 2.75) is 82.6 Å². The smallest absolute Gasteiger partial charge is 0.0773 e. The summed E-state index contributed by atoms with van der Waals surface area (Å²) in [6.45, 7) is 28.8. The van der Waals surface area contributed by atoms with E-state index >= 15 is 0 Å². The maximum absolute atomic E-state index is 7.75. The zero-order valence-corrected chi connectivity index (χ0v) is 23.0. The molecular formula is C27H43NSi2. The summed E-state index contributed by atoms with van der Waals surface area (Å²) < 4.78 is 0. The van der Waals surface area contributed by atoms with Gasteiger partial charge in [0.05, 0.1) is 16.1 Å². The van der Waals surface area contributed by atoms with Crippen LogP contribution in [0.15, 0.2) is 61.2 Å². The quantitative estimate of drug-likeness (QED) is 0.471. The van der Waals surface area contributed by atoms with Crippen LogP contribution < -0.4 is 5.73 Å². The number of hydrogen-bond acceptors (Lipinski definition) is 1. The van der Waals surface area contributed by atoms with E-state index in [1.54, 1.807) is 0 Å². The van der Waals surface area contributed by atoms with Crippen LogP contribution in [0.5, 0.6) is 0 Å². The summed E-state index contributed by atoms with van der Waals surface area (Å²) in [6, 6.07) is 19.4. The summed E-state index contributed by atoms with van der Waals surface area (Å²) in [4.78, 5) is -0.288. The van der Waals surface area contributed by atoms with Gasteiger partial charge in [-0.3, -0.25) is 0 Å². The Labute approximate surface area is 187 Å². The molecule has 0 aromatic heterocycles. The molecule has 2 aromatic carbocycles. The van der Waals surface area contributed by atoms with Gasteiger partial charge in [0.2, 0.25) is 0 Å². The molecule has 0 aliphatic heterocycles. The molecule has 164 valence electrons. The van der Waals surface area contributed by atoms with E-state index in [-0.39, 0.29) is 14.9 Å². The second-order valence-electron chi connectivity index (χ2n) is 12.0. The molecule has 0 aliphatic carbocycles. The van der Waals surface area contributed by atoms with Crippen LogP contribution in [-0.2, 0) is 4.79 Å². The maximum atomic E-state index is 7.75. The minimum Gasteiger partial charge on any atom is -0.326 e. The fourth-order valence-electron chi connectivity index (χ4n) is 4.44. The van der Waals surface area contributed by atoms with E-state index in [9.17, 15) is 0 Å². The van der Waals surface area contributed by atoms with Crippen molar-refractivity contribution >= 4 is 21.7 Å². The SMILES string of the molecule is C=C(c1ccccc1)c1cccc(C(N)([Si](C)(C)C(C)(C)C)[Si](C)(C)C(C)(C)C)c1. The minimum atomic E-state index is -1.97. The van der Waals surface area contributed by atoms with Crippen LogP contribution in [0.1, 0.15) is 58.2 Å². The first-order valence-electron chi connectivity index (χ1n) is 11.1. The van der Waals surface area contributed by atoms with Crippen LogP contribution in [0, 0.1) is 0 Å². The second kappa shape index (κ2) is 7.92. The van der Waals surface area contributed by atoms with Gasteiger partial charge in [-0.05, 0) is 38.4 Å². The standard InChI is InChI=1S/C27H43NSi2/c1-21(22-16-13-12-14-17-22)23-18-15-19-24(20-23)27(28,29(8,9)25(2,3)4)30(10,11)26(5,6)7/h12-20H,1,28H2,2-11H3. The Morgan fingerprint density at radius 3 is 1.57 bits per heavy atom. The van der Waals surface area contributed by atoms with Crippen molar-refractivity contribution in [3.8, 4) is 0 Å². The molecule has 0 atom stereocenters. The Bertz CT molecular complexity index is 870. The highest BCUT2D eigenvalue weighted by Gasteiger charge is 2.62. The van der Waals surface area contributed by atoms with Gasteiger partial charge in [0, 0.05) is 4.79 Å². The van der Waals surface area contributed by atoms with Gasteiger partial charge in [-0.2, -0.15) is 0 Å². The molecule has 0 saturated heterocycles. The fourth-order valence-corrected chi connectivity index (χ4v) is 17.1. The molecule has 0 heterocycles. The first-order chi connectivity index (χ1) is 13.5. The topological polar surface area (TPSA) is 26.0 Å². The van der Waals surface area contributed by atoms with Gasteiger partial charge in [0.25, 0.3) is 0 Å². The molecule has 0 unspecified atom stereocenters. The van der Waals surface area contributed by atoms with Crippen molar-refractivity contribution in [3.63, 3.8) is 0 Å². The lowest BCUT2D eigenvalue weighted by Gasteiger charge is -2.61. The zero-order chi connectivity index (χ0) is 23.2. The van der Waals surface area contributed by atoms with Crippen molar-refractivity contribution in [2.75, 3.05) is 0 Å². The van der Waals surface area contributed by atoms with Crippen molar-refractivity contribution in [1.82, 2.24) is 0 Å². The van der Waals surface area contributed by atoms with E-state index in [1.165, 1.54) is 11.1 Å². The first kappa shape index (κ1) is 24.8. The predicted octanol–water partition coefficient (Wildman–Crippen LogP) is 8.00. The highest BCUT2D eigenvalue weighted by Crippen LogP contribution is 2.55. The normalized spacial score (nSPS) is 14.0. The molecule has 0 bridgehead atoms. The average molecular weight is 438 g/mol. The highest BCUT2D eigenvalue weighted by atomic mass is 28.4. The van der Waals surface area contributed by atoms with Gasteiger partial charge in [0.1, 0.15) is 0 Å². The first-order valence-corrected chi connectivity index (χ1v) is 17.1. The minimum absolute atomic E-state index is 0.184. The van der Waals surface area contributed by atoms with E-state index in [4.69, 9.17) is 5.73 Å². The van der Waals surface area contributed by atoms with Crippen LogP contribution in [0.3, 0.4) is 0 Å². The Morgan fingerprint density at radius 1 is 0.700 bits per heavy atom. The molecular weight excluding hydrogens is 394 g/mol. The van der Waals surface area contributed by atoms with Crippen molar-refractivity contribution in [2.24, 2.45) is 5.73 Å². The molecule has 3 heteroatoms. The van der Waals surface area contributed by atoms with Gasteiger partial charge in [0.15, 0.2) is 0 Å². The molecule has 0 saturated carbocycles. The number of hydrogen-bond donors (Lipinski definition) is 1. The van der Waals surface area contributed by atoms with E-state index in [1.807, 2.05) is 6.07 Å². The third-order valence-electron chi connectivity index (χ3n) is 8.51. The van der Waals surface area contributed by atoms with E-state index in [2.05, 4.69) is 123 Å². The van der Waals surface area contributed by atoms with Crippen LogP contribution in [0.25, 0.3) is 5.57 Å². The largest absolute Gasteiger partial charge is 0.326 e. The molecule has 2 rings (SSSR count). The lowest BCUT2D eigenvalue weighted by Crippen LogP contribution is -2.76. The third kappa shape index (κ3) is 3.92. The molecule has 2 N–H and O–H groups in total. The lowest BCUT2D eigenvalue weighted by molar-refractivity contribution is 0.614. The van der Waals surface area contributed by atoms with Gasteiger partial charge in [-0.25, -0.2) is 0 Å². The number of benzene rings is 2. The molecule has 0 aliphatic rings. The summed E-state index contributed by atoms with van der Waals surface area (Å²) in [5.41, 5.74) is 12.4. The van der Waals surface area contributed by atoms with Gasteiger partial charge in [-0.1, -0.05) is 123 Å². The van der Waals surface area contributed by atoms with Crippen LogP contribution in [0.4, 0.5) is 0 Å². The van der Waals surface area contributed by atoms with Crippen LogP contribution in [0.2, 0.25) is 36.3 Å². The summed E-state index contributed by atoms with van der Waals surface area (Å²) in [6.07, 6.45) is 0. The summed E-state index contributed by atoms with van der Waals surface area (Å²) in [5, 5.41) is 0.368. The van der Waals surface area contributed by atoms with E-state index in [0.717, 1.165) is 11.1 Å². The van der Waals surface area contributed by atoms with Crippen LogP contribution in [-0.4, -0.2) is 16.1 Å². The van der Waals surface area contributed by atoms with Crippen LogP contribution >= 0.6 is 0 Å². The average Bonchev–Trinajstić information content (AvgIpc) is 2.65. The molecule has 0 radical (unpaired) electrons. The third-order valence-corrected chi connectivity index (χ3v) is 24.3. The van der Waals surface area contributed by atoms with Crippen molar-refractivity contribution < 1.29 is 0 Å². The summed E-state index contributed by atoms with van der Waals surface area (Å²) >= 11 is 0. The van der Waals surface area contributed by atoms with Crippen molar-refractivity contribution in [1.29, 1.82) is 0 Å². The molecule has 2 aromatic rings. The fraction of sp³-hybridized carbons (Fsp3) is 0.481. The zero-order valence-electron chi connectivity index (χ0n) is 21.0. The predicted molar refractivity (Wildman–Crippen MR) is 141 cm³/mol. The monoisotopic (exact) mass is 437 g/mol. The lowest BCUT2D eigenvalue weighted by atomic mass is 9.98. The summed E-state index contributed by atoms with van der Waals surface area (Å²) in [5.74, 6) is 0. The molecule has 0 spiro atoms. The highest BCUT2D eigenvalue weighted by molar-refractivity contribution is 7.01. The Hall–Kier alpha value is -1.43. The summed E-state index contributed by atoms with van der Waals surface area (Å²) in [7, 11) is -3.94. The number of nitrogens with two attached hydrogens (primary N) is 1. The molecule has 30 heavy (non-hydrogen) atoms. The molecule has 1 nitrogen and oxygen atoms in total. The van der Waals surface area contributed by atoms with Gasteiger partial charge in [-0.15, -0.1) is 0 Å². The van der Waals surface area contributed by atoms with Gasteiger partial charge >= 0.3 is 0 Å². The Morgan fingerprint density at radius 2 is 1.13 bits per heavy atom. The Balaban J connectivity index is 2.77. The van der Waals surface area contributed by atoms with E-state index in [0.29, 0.717) is 0 Å². The second-order valence-corrected chi connectivity index (χ2v) is 23.6. The van der Waals surface area contributed by atoms with Crippen molar-refractivity contribution in [3.05, 3.63) is 77.9 Å². The molecule has 0 amide bonds.